The van der Waals surface area contributed by atoms with Crippen LogP contribution in [-0.2, 0) is 21.9 Å². The summed E-state index contributed by atoms with van der Waals surface area (Å²) in [5.41, 5.74) is 0.431. The molecule has 0 aliphatic rings. The Bertz CT molecular complexity index is 442. The second-order valence-electron chi connectivity index (χ2n) is 3.62. The number of aliphatic carboxylic acids is 1. The molecule has 0 radical (unpaired) electrons. The van der Waals surface area contributed by atoms with E-state index in [0.29, 0.717) is 5.56 Å². The van der Waals surface area contributed by atoms with E-state index in [-0.39, 0.29) is 29.3 Å². The Labute approximate surface area is 121 Å². The molecule has 0 aliphatic carbocycles. The molecule has 0 fully saturated rings. The van der Waals surface area contributed by atoms with Gasteiger partial charge in [-0.15, -0.1) is 0 Å². The van der Waals surface area contributed by atoms with Crippen molar-refractivity contribution in [3.05, 3.63) is 60.2 Å². The molecule has 2 aromatic carbocycles. The maximum atomic E-state index is 11.2. The fourth-order valence-corrected chi connectivity index (χ4v) is 1.26. The van der Waals surface area contributed by atoms with Crippen molar-refractivity contribution in [2.75, 3.05) is 0 Å². The van der Waals surface area contributed by atoms with Gasteiger partial charge in [0.1, 0.15) is 5.78 Å². The van der Waals surface area contributed by atoms with Gasteiger partial charge in [0.25, 0.3) is 0 Å². The SMILES string of the molecule is O=C(CC(O)C(=O)O)[c-]1cccc1.[Fe].[cH-]1[cH-][cH-][cH-][cH-]1. The zero-order valence-electron chi connectivity index (χ0n) is 10.0. The van der Waals surface area contributed by atoms with E-state index in [2.05, 4.69) is 0 Å². The minimum Gasteiger partial charge on any atom is -0.748 e. The first-order valence-electron chi connectivity index (χ1n) is 5.43. The monoisotopic (exact) mass is 302 g/mol. The Balaban J connectivity index is 0.000000454. The van der Waals surface area contributed by atoms with E-state index in [1.807, 2.05) is 30.3 Å². The third-order valence-electron chi connectivity index (χ3n) is 2.20. The minimum atomic E-state index is -1.61. The Morgan fingerprint density at radius 2 is 1.47 bits per heavy atom. The maximum Gasteiger partial charge on any atom is 0.332 e. The summed E-state index contributed by atoms with van der Waals surface area (Å²) < 4.78 is 0. The van der Waals surface area contributed by atoms with Gasteiger partial charge in [0.2, 0.25) is 0 Å². The van der Waals surface area contributed by atoms with E-state index < -0.39 is 12.1 Å². The summed E-state index contributed by atoms with van der Waals surface area (Å²) in [6.45, 7) is 0. The molecule has 0 aliphatic heterocycles. The van der Waals surface area contributed by atoms with Gasteiger partial charge in [-0.05, 0) is 0 Å². The van der Waals surface area contributed by atoms with Crippen molar-refractivity contribution in [1.82, 2.24) is 0 Å². The number of carbonyl (C=O) groups excluding carboxylic acids is 1. The van der Waals surface area contributed by atoms with Gasteiger partial charge in [-0.3, -0.25) is 0 Å². The normalized spacial score (nSPS) is 10.6. The maximum absolute atomic E-state index is 11.2. The van der Waals surface area contributed by atoms with Crippen LogP contribution in [0.3, 0.4) is 0 Å². The Morgan fingerprint density at radius 3 is 1.84 bits per heavy atom. The Hall–Kier alpha value is -1.68. The average molecular weight is 302 g/mol. The number of hydrogen-bond donors (Lipinski definition) is 2. The molecule has 0 amide bonds. The summed E-state index contributed by atoms with van der Waals surface area (Å²) in [4.78, 5) is 21.4. The van der Waals surface area contributed by atoms with E-state index >= 15 is 0 Å². The smallest absolute Gasteiger partial charge is 0.332 e. The summed E-state index contributed by atoms with van der Waals surface area (Å²) in [6.07, 6.45) is -1.98. The van der Waals surface area contributed by atoms with E-state index in [1.54, 1.807) is 24.3 Å². The average Bonchev–Trinajstić information content (AvgIpc) is 3.05. The molecule has 0 saturated heterocycles. The molecule has 0 aromatic heterocycles. The predicted octanol–water partition coefficient (Wildman–Crippen LogP) is 1.83. The fourth-order valence-electron chi connectivity index (χ4n) is 1.26. The van der Waals surface area contributed by atoms with Crippen LogP contribution in [0.2, 0.25) is 0 Å². The first-order chi connectivity index (χ1) is 8.61. The molecular weight excluding hydrogens is 288 g/mol. The van der Waals surface area contributed by atoms with Crippen molar-refractivity contribution in [3.8, 4) is 0 Å². The van der Waals surface area contributed by atoms with Crippen molar-refractivity contribution in [2.24, 2.45) is 0 Å². The molecule has 0 spiro atoms. The molecule has 0 bridgehead atoms. The molecule has 2 N–H and O–H groups in total. The van der Waals surface area contributed by atoms with Crippen LogP contribution in [0, 0.1) is 0 Å². The van der Waals surface area contributed by atoms with Crippen LogP contribution in [0.25, 0.3) is 0 Å². The standard InChI is InChI=1S/C9H9O4.C5H5.Fe/c10-7(5-8(11)9(12)13)6-3-1-2-4-6;1-2-4-5-3-1;/h1-4,8,11H,5H2,(H,12,13);1-5H;/q-1;-5;. The first kappa shape index (κ1) is 17.3. The quantitative estimate of drug-likeness (QED) is 0.513. The number of carboxylic acid groups (broad SMARTS) is 1. The van der Waals surface area contributed by atoms with Gasteiger partial charge in [0, 0.05) is 23.5 Å². The molecule has 1 atom stereocenters. The number of hydrogen-bond acceptors (Lipinski definition) is 3. The van der Waals surface area contributed by atoms with Crippen molar-refractivity contribution < 1.29 is 36.9 Å². The topological polar surface area (TPSA) is 74.6 Å². The molecule has 0 saturated carbocycles. The van der Waals surface area contributed by atoms with Crippen molar-refractivity contribution >= 4 is 11.8 Å². The van der Waals surface area contributed by atoms with Crippen molar-refractivity contribution in [2.45, 2.75) is 12.5 Å². The van der Waals surface area contributed by atoms with Gasteiger partial charge in [-0.1, -0.05) is 5.56 Å². The molecule has 4 nitrogen and oxygen atoms in total. The van der Waals surface area contributed by atoms with E-state index in [4.69, 9.17) is 10.2 Å². The summed E-state index contributed by atoms with van der Waals surface area (Å²) in [7, 11) is 0. The zero-order chi connectivity index (χ0) is 13.4. The van der Waals surface area contributed by atoms with Crippen LogP contribution in [0.5, 0.6) is 0 Å². The second-order valence-corrected chi connectivity index (χ2v) is 3.62. The van der Waals surface area contributed by atoms with Gasteiger partial charge in [0.15, 0.2) is 6.10 Å². The summed E-state index contributed by atoms with van der Waals surface area (Å²) >= 11 is 0. The molecular formula is C14H14FeO4-6. The molecule has 2 aromatic rings. The van der Waals surface area contributed by atoms with Crippen molar-refractivity contribution in [1.29, 1.82) is 0 Å². The van der Waals surface area contributed by atoms with Crippen LogP contribution in [0.15, 0.2) is 54.6 Å². The van der Waals surface area contributed by atoms with Crippen LogP contribution in [-0.4, -0.2) is 28.1 Å². The second kappa shape index (κ2) is 9.28. The molecule has 19 heavy (non-hydrogen) atoms. The fraction of sp³-hybridized carbons (Fsp3) is 0.143. The summed E-state index contributed by atoms with van der Waals surface area (Å²) in [5.74, 6) is -1.74. The largest absolute Gasteiger partial charge is 0.748 e. The number of Topliss-reactive ketones (excluding diaryl/α,β-unsaturated/α-hetero) is 1. The van der Waals surface area contributed by atoms with Crippen LogP contribution in [0.4, 0.5) is 0 Å². The van der Waals surface area contributed by atoms with Crippen LogP contribution >= 0.6 is 0 Å². The Kier molecular flexibility index (Phi) is 8.46. The summed E-state index contributed by atoms with van der Waals surface area (Å²) in [5, 5.41) is 17.2. The molecule has 5 heteroatoms. The third kappa shape index (κ3) is 6.72. The molecule has 1 unspecified atom stereocenters. The van der Waals surface area contributed by atoms with Crippen molar-refractivity contribution in [3.63, 3.8) is 0 Å². The summed E-state index contributed by atoms with van der Waals surface area (Å²) in [6, 6.07) is 16.5. The van der Waals surface area contributed by atoms with Gasteiger partial charge < -0.3 is 45.3 Å². The van der Waals surface area contributed by atoms with E-state index in [9.17, 15) is 9.59 Å². The number of aliphatic hydroxyl groups is 1. The Morgan fingerprint density at radius 1 is 1.05 bits per heavy atom. The van der Waals surface area contributed by atoms with Gasteiger partial charge >= 0.3 is 5.97 Å². The first-order valence-corrected chi connectivity index (χ1v) is 5.43. The minimum absolute atomic E-state index is 0. The van der Waals surface area contributed by atoms with Crippen LogP contribution in [0.1, 0.15) is 16.8 Å². The van der Waals surface area contributed by atoms with E-state index in [1.165, 1.54) is 0 Å². The predicted molar refractivity (Wildman–Crippen MR) is 66.7 cm³/mol. The number of carboxylic acids is 1. The number of ketones is 1. The van der Waals surface area contributed by atoms with Gasteiger partial charge in [-0.2, -0.15) is 12.1 Å². The van der Waals surface area contributed by atoms with E-state index in [0.717, 1.165) is 0 Å². The molecule has 2 rings (SSSR count). The number of rotatable bonds is 4. The third-order valence-corrected chi connectivity index (χ3v) is 2.20. The number of carbonyl (C=O) groups is 2. The van der Waals surface area contributed by atoms with Crippen LogP contribution < -0.4 is 0 Å². The molecule has 0 heterocycles. The number of aliphatic hydroxyl groups excluding tert-OH is 1. The van der Waals surface area contributed by atoms with Gasteiger partial charge in [0.05, 0.1) is 0 Å². The zero-order valence-corrected chi connectivity index (χ0v) is 11.1. The van der Waals surface area contributed by atoms with Gasteiger partial charge in [-0.25, -0.2) is 16.9 Å². The molecule has 108 valence electrons.